The number of hydrogen-bond acceptors (Lipinski definition) is 2. The summed E-state index contributed by atoms with van der Waals surface area (Å²) in [6.07, 6.45) is 20.7. The number of hydrogen-bond donors (Lipinski definition) is 0. The van der Waals surface area contributed by atoms with E-state index in [4.69, 9.17) is 4.74 Å². The molecule has 0 rings (SSSR count). The minimum Gasteiger partial charge on any atom is -0.465 e. The minimum atomic E-state index is 0.00210. The Bertz CT molecular complexity index is 301. The Balaban J connectivity index is 3.29. The van der Waals surface area contributed by atoms with Crippen LogP contribution in [-0.2, 0) is 9.53 Å². The number of ether oxygens (including phenoxy) is 1. The third-order valence-corrected chi connectivity index (χ3v) is 5.53. The summed E-state index contributed by atoms with van der Waals surface area (Å²) in [6, 6.07) is 0. The largest absolute Gasteiger partial charge is 0.465 e. The average Bonchev–Trinajstić information content (AvgIpc) is 2.64. The maximum absolute atomic E-state index is 11.8. The van der Waals surface area contributed by atoms with E-state index in [1.54, 1.807) is 0 Å². The van der Waals surface area contributed by atoms with Crippen LogP contribution in [0.25, 0.3) is 0 Å². The highest BCUT2D eigenvalue weighted by molar-refractivity contribution is 5.71. The molecule has 0 bridgehead atoms. The second kappa shape index (κ2) is 19.2. The Morgan fingerprint density at radius 3 is 1.73 bits per heavy atom. The summed E-state index contributed by atoms with van der Waals surface area (Å²) in [5, 5.41) is 0. The molecule has 0 N–H and O–H groups in total. The third-order valence-electron chi connectivity index (χ3n) is 5.53. The van der Waals surface area contributed by atoms with E-state index < -0.39 is 0 Å². The number of carbonyl (C=O) groups is 1. The lowest BCUT2D eigenvalue weighted by Crippen LogP contribution is -2.15. The van der Waals surface area contributed by atoms with Crippen LogP contribution in [0.15, 0.2) is 0 Å². The van der Waals surface area contributed by atoms with E-state index in [2.05, 4.69) is 20.8 Å². The first-order valence-electron chi connectivity index (χ1n) is 11.8. The average molecular weight is 369 g/mol. The monoisotopic (exact) mass is 368 g/mol. The SMILES string of the molecule is CCCCCCC(C)CCCCCCCCCOC(=O)C(C)CCCC. The van der Waals surface area contributed by atoms with Crippen molar-refractivity contribution in [1.82, 2.24) is 0 Å². The van der Waals surface area contributed by atoms with Gasteiger partial charge in [0.2, 0.25) is 0 Å². The van der Waals surface area contributed by atoms with Crippen molar-refractivity contribution >= 4 is 5.97 Å². The Labute approximate surface area is 164 Å². The van der Waals surface area contributed by atoms with Gasteiger partial charge in [0.25, 0.3) is 0 Å². The van der Waals surface area contributed by atoms with Crippen LogP contribution >= 0.6 is 0 Å². The van der Waals surface area contributed by atoms with Crippen molar-refractivity contribution in [2.75, 3.05) is 6.61 Å². The first kappa shape index (κ1) is 25.5. The second-order valence-electron chi connectivity index (χ2n) is 8.43. The van der Waals surface area contributed by atoms with Gasteiger partial charge >= 0.3 is 5.97 Å². The maximum Gasteiger partial charge on any atom is 0.308 e. The molecule has 2 atom stereocenters. The fourth-order valence-corrected chi connectivity index (χ4v) is 3.49. The van der Waals surface area contributed by atoms with E-state index in [1.807, 2.05) is 6.92 Å². The highest BCUT2D eigenvalue weighted by Gasteiger charge is 2.13. The smallest absolute Gasteiger partial charge is 0.308 e. The van der Waals surface area contributed by atoms with Gasteiger partial charge in [-0.2, -0.15) is 0 Å². The normalized spacial score (nSPS) is 13.5. The van der Waals surface area contributed by atoms with Crippen molar-refractivity contribution in [3.05, 3.63) is 0 Å². The number of carbonyl (C=O) groups excluding carboxylic acids is 1. The lowest BCUT2D eigenvalue weighted by atomic mass is 9.96. The number of esters is 1. The summed E-state index contributed by atoms with van der Waals surface area (Å²) >= 11 is 0. The molecule has 0 aliphatic heterocycles. The Hall–Kier alpha value is -0.530. The maximum atomic E-state index is 11.8. The van der Waals surface area contributed by atoms with Gasteiger partial charge in [-0.3, -0.25) is 4.79 Å². The molecule has 2 nitrogen and oxygen atoms in total. The van der Waals surface area contributed by atoms with Crippen LogP contribution in [0.2, 0.25) is 0 Å². The van der Waals surface area contributed by atoms with Crippen LogP contribution in [0.3, 0.4) is 0 Å². The van der Waals surface area contributed by atoms with Crippen LogP contribution in [0.4, 0.5) is 0 Å². The summed E-state index contributed by atoms with van der Waals surface area (Å²) < 4.78 is 5.38. The molecule has 0 aliphatic carbocycles. The first-order chi connectivity index (χ1) is 12.6. The van der Waals surface area contributed by atoms with Gasteiger partial charge in [0.05, 0.1) is 12.5 Å². The molecule has 0 fully saturated rings. The summed E-state index contributed by atoms with van der Waals surface area (Å²) in [7, 11) is 0. The van der Waals surface area contributed by atoms with Gasteiger partial charge in [-0.1, -0.05) is 118 Å². The van der Waals surface area contributed by atoms with E-state index in [0.717, 1.165) is 31.6 Å². The standard InChI is InChI=1S/C24H48O2/c1-5-7-9-15-18-22(3)19-16-13-11-10-12-14-17-21-26-24(25)23(4)20-8-6-2/h22-23H,5-21H2,1-4H3. The van der Waals surface area contributed by atoms with Gasteiger partial charge in [0, 0.05) is 0 Å². The van der Waals surface area contributed by atoms with Gasteiger partial charge in [-0.25, -0.2) is 0 Å². The Morgan fingerprint density at radius 1 is 0.654 bits per heavy atom. The van der Waals surface area contributed by atoms with Crippen molar-refractivity contribution in [3.63, 3.8) is 0 Å². The Morgan fingerprint density at radius 2 is 1.15 bits per heavy atom. The van der Waals surface area contributed by atoms with Crippen molar-refractivity contribution in [2.45, 2.75) is 130 Å². The minimum absolute atomic E-state index is 0.00210. The second-order valence-corrected chi connectivity index (χ2v) is 8.43. The molecule has 0 amide bonds. The molecular weight excluding hydrogens is 320 g/mol. The van der Waals surface area contributed by atoms with Crippen LogP contribution in [0.5, 0.6) is 0 Å². The third kappa shape index (κ3) is 16.9. The van der Waals surface area contributed by atoms with Crippen LogP contribution in [0, 0.1) is 11.8 Å². The van der Waals surface area contributed by atoms with E-state index in [1.165, 1.54) is 77.0 Å². The fourth-order valence-electron chi connectivity index (χ4n) is 3.49. The van der Waals surface area contributed by atoms with Crippen LogP contribution < -0.4 is 0 Å². The van der Waals surface area contributed by atoms with Gasteiger partial charge in [0.15, 0.2) is 0 Å². The van der Waals surface area contributed by atoms with Crippen molar-refractivity contribution in [2.24, 2.45) is 11.8 Å². The van der Waals surface area contributed by atoms with E-state index in [-0.39, 0.29) is 11.9 Å². The van der Waals surface area contributed by atoms with Crippen LogP contribution in [-0.4, -0.2) is 12.6 Å². The lowest BCUT2D eigenvalue weighted by Gasteiger charge is -2.11. The molecule has 156 valence electrons. The van der Waals surface area contributed by atoms with Crippen molar-refractivity contribution in [1.29, 1.82) is 0 Å². The van der Waals surface area contributed by atoms with E-state index in [9.17, 15) is 4.79 Å². The molecule has 0 saturated carbocycles. The zero-order valence-electron chi connectivity index (χ0n) is 18.5. The van der Waals surface area contributed by atoms with Gasteiger partial charge < -0.3 is 4.74 Å². The molecule has 0 aliphatic rings. The molecule has 0 aromatic carbocycles. The molecule has 0 aromatic heterocycles. The van der Waals surface area contributed by atoms with Gasteiger partial charge in [-0.05, 0) is 18.8 Å². The predicted octanol–water partition coefficient (Wildman–Crippen LogP) is 8.08. The molecule has 2 unspecified atom stereocenters. The van der Waals surface area contributed by atoms with Crippen LogP contribution in [0.1, 0.15) is 130 Å². The topological polar surface area (TPSA) is 26.3 Å². The van der Waals surface area contributed by atoms with Crippen molar-refractivity contribution in [3.8, 4) is 0 Å². The molecular formula is C24H48O2. The van der Waals surface area contributed by atoms with E-state index in [0.29, 0.717) is 6.61 Å². The molecule has 0 radical (unpaired) electrons. The molecule has 0 aromatic rings. The zero-order chi connectivity index (χ0) is 19.5. The summed E-state index contributed by atoms with van der Waals surface area (Å²) in [5.74, 6) is 0.993. The predicted molar refractivity (Wildman–Crippen MR) is 115 cm³/mol. The van der Waals surface area contributed by atoms with Crippen molar-refractivity contribution < 1.29 is 9.53 Å². The first-order valence-corrected chi connectivity index (χ1v) is 11.8. The summed E-state index contributed by atoms with van der Waals surface area (Å²) in [5.41, 5.74) is 0. The zero-order valence-corrected chi connectivity index (χ0v) is 18.5. The number of rotatable bonds is 19. The highest BCUT2D eigenvalue weighted by Crippen LogP contribution is 2.18. The fraction of sp³-hybridized carbons (Fsp3) is 0.958. The molecule has 0 saturated heterocycles. The molecule has 0 spiro atoms. The molecule has 26 heavy (non-hydrogen) atoms. The highest BCUT2D eigenvalue weighted by atomic mass is 16.5. The number of unbranched alkanes of at least 4 members (excludes halogenated alkanes) is 10. The van der Waals surface area contributed by atoms with E-state index >= 15 is 0 Å². The van der Waals surface area contributed by atoms with Gasteiger partial charge in [0.1, 0.15) is 0 Å². The quantitative estimate of drug-likeness (QED) is 0.170. The van der Waals surface area contributed by atoms with Gasteiger partial charge in [-0.15, -0.1) is 0 Å². The summed E-state index contributed by atoms with van der Waals surface area (Å²) in [6.45, 7) is 9.48. The summed E-state index contributed by atoms with van der Waals surface area (Å²) in [4.78, 5) is 11.8. The Kier molecular flexibility index (Phi) is 18.8. The molecule has 0 heterocycles. The molecule has 2 heteroatoms. The lowest BCUT2D eigenvalue weighted by molar-refractivity contribution is -0.148.